The van der Waals surface area contributed by atoms with Crippen molar-refractivity contribution in [1.82, 2.24) is 9.55 Å². The number of benzene rings is 2. The summed E-state index contributed by atoms with van der Waals surface area (Å²) in [6.45, 7) is 0.0727. The van der Waals surface area contributed by atoms with Crippen LogP contribution in [-0.4, -0.2) is 25.0 Å². The summed E-state index contributed by atoms with van der Waals surface area (Å²) in [6.07, 6.45) is 0. The van der Waals surface area contributed by atoms with Gasteiger partial charge in [-0.05, 0) is 29.8 Å². The van der Waals surface area contributed by atoms with Crippen LogP contribution in [0.3, 0.4) is 0 Å². The molecule has 0 saturated heterocycles. The van der Waals surface area contributed by atoms with Crippen molar-refractivity contribution >= 4 is 37.5 Å². The van der Waals surface area contributed by atoms with Crippen molar-refractivity contribution in [2.24, 2.45) is 0 Å². The molecule has 0 saturated carbocycles. The SMILES string of the molecule is CNc1c(NS(=O)(=O)c2ccc(Br)cc2)n(Cc2ccccc2)c(=O)[nH]c1=O. The third kappa shape index (κ3) is 4.18. The lowest BCUT2D eigenvalue weighted by Gasteiger charge is -2.17. The highest BCUT2D eigenvalue weighted by Crippen LogP contribution is 2.22. The second-order valence-electron chi connectivity index (χ2n) is 5.86. The van der Waals surface area contributed by atoms with E-state index in [-0.39, 0.29) is 22.9 Å². The third-order valence-corrected chi connectivity index (χ3v) is 5.87. The molecule has 28 heavy (non-hydrogen) atoms. The summed E-state index contributed by atoms with van der Waals surface area (Å²) < 4.78 is 29.9. The minimum Gasteiger partial charge on any atom is -0.381 e. The summed E-state index contributed by atoms with van der Waals surface area (Å²) in [5.74, 6) is -0.136. The Morgan fingerprint density at radius 3 is 2.29 bits per heavy atom. The zero-order chi connectivity index (χ0) is 20.3. The molecule has 0 amide bonds. The van der Waals surface area contributed by atoms with Gasteiger partial charge in [0.25, 0.3) is 15.6 Å². The predicted octanol–water partition coefficient (Wildman–Crippen LogP) is 2.19. The van der Waals surface area contributed by atoms with Gasteiger partial charge in [-0.3, -0.25) is 19.1 Å². The van der Waals surface area contributed by atoms with E-state index in [1.54, 1.807) is 36.4 Å². The maximum Gasteiger partial charge on any atom is 0.330 e. The van der Waals surface area contributed by atoms with Crippen LogP contribution in [0, 0.1) is 0 Å². The average Bonchev–Trinajstić information content (AvgIpc) is 2.66. The Morgan fingerprint density at radius 2 is 1.68 bits per heavy atom. The summed E-state index contributed by atoms with van der Waals surface area (Å²) >= 11 is 3.25. The van der Waals surface area contributed by atoms with Gasteiger partial charge in [-0.15, -0.1) is 0 Å². The van der Waals surface area contributed by atoms with E-state index in [4.69, 9.17) is 0 Å². The first-order chi connectivity index (χ1) is 13.3. The molecule has 10 heteroatoms. The number of aromatic nitrogens is 2. The van der Waals surface area contributed by atoms with Gasteiger partial charge in [0, 0.05) is 11.5 Å². The lowest BCUT2D eigenvalue weighted by atomic mass is 10.2. The van der Waals surface area contributed by atoms with Crippen molar-refractivity contribution in [1.29, 1.82) is 0 Å². The van der Waals surface area contributed by atoms with Crippen molar-refractivity contribution in [2.75, 3.05) is 17.1 Å². The number of aromatic amines is 1. The first kappa shape index (κ1) is 19.9. The first-order valence-corrected chi connectivity index (χ1v) is 10.5. The topological polar surface area (TPSA) is 113 Å². The third-order valence-electron chi connectivity index (χ3n) is 3.99. The van der Waals surface area contributed by atoms with E-state index >= 15 is 0 Å². The van der Waals surface area contributed by atoms with Crippen LogP contribution in [0.4, 0.5) is 11.5 Å². The highest BCUT2D eigenvalue weighted by atomic mass is 79.9. The van der Waals surface area contributed by atoms with Crippen molar-refractivity contribution in [3.8, 4) is 0 Å². The molecule has 1 heterocycles. The Balaban J connectivity index is 2.14. The normalized spacial score (nSPS) is 11.2. The number of H-pyrrole nitrogens is 1. The Bertz CT molecular complexity index is 1200. The maximum absolute atomic E-state index is 12.8. The van der Waals surface area contributed by atoms with Crippen molar-refractivity contribution in [2.45, 2.75) is 11.4 Å². The van der Waals surface area contributed by atoms with E-state index in [2.05, 4.69) is 31.0 Å². The lowest BCUT2D eigenvalue weighted by molar-refractivity contribution is 0.600. The van der Waals surface area contributed by atoms with Gasteiger partial charge in [0.1, 0.15) is 5.69 Å². The predicted molar refractivity (Wildman–Crippen MR) is 111 cm³/mol. The summed E-state index contributed by atoms with van der Waals surface area (Å²) in [5, 5.41) is 2.66. The van der Waals surface area contributed by atoms with Gasteiger partial charge >= 0.3 is 5.69 Å². The fraction of sp³-hybridized carbons (Fsp3) is 0.111. The van der Waals surface area contributed by atoms with Crippen LogP contribution >= 0.6 is 15.9 Å². The van der Waals surface area contributed by atoms with Crippen LogP contribution in [0.5, 0.6) is 0 Å². The lowest BCUT2D eigenvalue weighted by Crippen LogP contribution is -2.35. The molecule has 0 spiro atoms. The molecule has 0 aliphatic rings. The van der Waals surface area contributed by atoms with Gasteiger partial charge in [-0.2, -0.15) is 0 Å². The molecular weight excluding hydrogens is 448 g/mol. The van der Waals surface area contributed by atoms with Gasteiger partial charge < -0.3 is 5.32 Å². The molecule has 0 aliphatic carbocycles. The van der Waals surface area contributed by atoms with Gasteiger partial charge in [0.2, 0.25) is 0 Å². The van der Waals surface area contributed by atoms with E-state index in [1.807, 2.05) is 6.07 Å². The molecule has 2 aromatic carbocycles. The second-order valence-corrected chi connectivity index (χ2v) is 8.46. The smallest absolute Gasteiger partial charge is 0.330 e. The molecule has 0 radical (unpaired) electrons. The minimum atomic E-state index is -4.03. The number of nitrogens with zero attached hydrogens (tertiary/aromatic N) is 1. The maximum atomic E-state index is 12.8. The molecule has 3 rings (SSSR count). The Kier molecular flexibility index (Phi) is 5.71. The molecule has 3 aromatic rings. The minimum absolute atomic E-state index is 0.00301. The molecular formula is C18H17BrN4O4S. The molecule has 0 bridgehead atoms. The van der Waals surface area contributed by atoms with Crippen LogP contribution < -0.4 is 21.3 Å². The quantitative estimate of drug-likeness (QED) is 0.517. The van der Waals surface area contributed by atoms with E-state index in [0.717, 1.165) is 10.0 Å². The molecule has 0 unspecified atom stereocenters. The number of anilines is 2. The Labute approximate surface area is 169 Å². The standard InChI is InChI=1S/C18H17BrN4O4S/c1-20-15-16(22-28(26,27)14-9-7-13(19)8-10-14)23(18(25)21-17(15)24)11-12-5-3-2-4-6-12/h2-10,20,22H,11H2,1H3,(H,21,24,25). The van der Waals surface area contributed by atoms with E-state index in [0.29, 0.717) is 0 Å². The van der Waals surface area contributed by atoms with Crippen LogP contribution in [-0.2, 0) is 16.6 Å². The van der Waals surface area contributed by atoms with Gasteiger partial charge in [-0.1, -0.05) is 46.3 Å². The van der Waals surface area contributed by atoms with Crippen LogP contribution in [0.2, 0.25) is 0 Å². The van der Waals surface area contributed by atoms with Gasteiger partial charge in [0.05, 0.1) is 11.4 Å². The molecule has 8 nitrogen and oxygen atoms in total. The van der Waals surface area contributed by atoms with Crippen molar-refractivity contribution < 1.29 is 8.42 Å². The number of nitrogens with one attached hydrogen (secondary N) is 3. The van der Waals surface area contributed by atoms with E-state index < -0.39 is 21.3 Å². The van der Waals surface area contributed by atoms with Crippen LogP contribution in [0.25, 0.3) is 0 Å². The Hall–Kier alpha value is -2.85. The zero-order valence-electron chi connectivity index (χ0n) is 14.8. The Morgan fingerprint density at radius 1 is 1.04 bits per heavy atom. The van der Waals surface area contributed by atoms with Gasteiger partial charge in [0.15, 0.2) is 5.82 Å². The number of hydrogen-bond acceptors (Lipinski definition) is 5. The fourth-order valence-corrected chi connectivity index (χ4v) is 3.97. The first-order valence-electron chi connectivity index (χ1n) is 8.19. The molecule has 3 N–H and O–H groups in total. The van der Waals surface area contributed by atoms with E-state index in [1.165, 1.54) is 23.7 Å². The van der Waals surface area contributed by atoms with Crippen LogP contribution in [0.15, 0.2) is 73.6 Å². The monoisotopic (exact) mass is 464 g/mol. The summed E-state index contributed by atoms with van der Waals surface area (Å²) in [5.41, 5.74) is -0.731. The summed E-state index contributed by atoms with van der Waals surface area (Å²) in [6, 6.07) is 15.0. The van der Waals surface area contributed by atoms with E-state index in [9.17, 15) is 18.0 Å². The molecule has 146 valence electrons. The van der Waals surface area contributed by atoms with Crippen LogP contribution in [0.1, 0.15) is 5.56 Å². The molecule has 0 fully saturated rings. The molecule has 1 aromatic heterocycles. The number of halogens is 1. The fourth-order valence-electron chi connectivity index (χ4n) is 2.63. The van der Waals surface area contributed by atoms with Gasteiger partial charge in [-0.25, -0.2) is 13.2 Å². The number of rotatable bonds is 6. The molecule has 0 atom stereocenters. The highest BCUT2D eigenvalue weighted by Gasteiger charge is 2.21. The van der Waals surface area contributed by atoms with Crippen molar-refractivity contribution in [3.63, 3.8) is 0 Å². The second kappa shape index (κ2) is 8.03. The largest absolute Gasteiger partial charge is 0.381 e. The number of hydrogen-bond donors (Lipinski definition) is 3. The summed E-state index contributed by atoms with van der Waals surface area (Å²) in [4.78, 5) is 26.8. The average molecular weight is 465 g/mol. The van der Waals surface area contributed by atoms with Crippen molar-refractivity contribution in [3.05, 3.63) is 85.5 Å². The molecule has 0 aliphatic heterocycles. The zero-order valence-corrected chi connectivity index (χ0v) is 17.2. The summed E-state index contributed by atoms with van der Waals surface area (Å²) in [7, 11) is -2.56. The number of sulfonamides is 1. The highest BCUT2D eigenvalue weighted by molar-refractivity contribution is 9.10.